The highest BCUT2D eigenvalue weighted by atomic mass is 16.4. The van der Waals surface area contributed by atoms with Gasteiger partial charge in [-0.25, -0.2) is 0 Å². The molecule has 1 amide bonds. The fraction of sp³-hybridized carbons (Fsp3) is 0.294. The first kappa shape index (κ1) is 15.9. The van der Waals surface area contributed by atoms with Crippen LogP contribution in [0.25, 0.3) is 11.5 Å². The van der Waals surface area contributed by atoms with Crippen molar-refractivity contribution in [1.29, 1.82) is 0 Å². The first-order valence-corrected chi connectivity index (χ1v) is 7.71. The molecule has 0 spiro atoms. The first-order valence-electron chi connectivity index (χ1n) is 7.71. The molecule has 0 atom stereocenters. The highest BCUT2D eigenvalue weighted by Gasteiger charge is 2.15. The second-order valence-electron chi connectivity index (χ2n) is 6.02. The monoisotopic (exact) mass is 325 g/mol. The summed E-state index contributed by atoms with van der Waals surface area (Å²) < 4.78 is 7.25. The van der Waals surface area contributed by atoms with Crippen molar-refractivity contribution in [1.82, 2.24) is 20.0 Å². The van der Waals surface area contributed by atoms with Crippen molar-refractivity contribution in [3.05, 3.63) is 47.3 Å². The van der Waals surface area contributed by atoms with Crippen molar-refractivity contribution in [2.75, 3.05) is 5.32 Å². The van der Waals surface area contributed by atoms with E-state index in [0.717, 1.165) is 16.7 Å². The molecule has 0 radical (unpaired) electrons. The summed E-state index contributed by atoms with van der Waals surface area (Å²) in [6.45, 7) is 7.98. The van der Waals surface area contributed by atoms with Crippen LogP contribution in [-0.4, -0.2) is 25.9 Å². The fourth-order valence-electron chi connectivity index (χ4n) is 2.40. The van der Waals surface area contributed by atoms with Crippen LogP contribution < -0.4 is 5.32 Å². The highest BCUT2D eigenvalue weighted by Crippen LogP contribution is 2.22. The highest BCUT2D eigenvalue weighted by molar-refractivity contribution is 6.01. The van der Waals surface area contributed by atoms with Gasteiger partial charge in [-0.15, -0.1) is 5.10 Å². The van der Waals surface area contributed by atoms with E-state index in [1.54, 1.807) is 16.9 Å². The predicted molar refractivity (Wildman–Crippen MR) is 89.8 cm³/mol. The predicted octanol–water partition coefficient (Wildman–Crippen LogP) is 3.38. The van der Waals surface area contributed by atoms with Gasteiger partial charge in [0.15, 0.2) is 5.69 Å². The zero-order valence-electron chi connectivity index (χ0n) is 14.1. The molecule has 0 fully saturated rings. The normalized spacial score (nSPS) is 11.0. The summed E-state index contributed by atoms with van der Waals surface area (Å²) in [5.41, 5.74) is 3.33. The number of aryl methyl sites for hydroxylation is 2. The summed E-state index contributed by atoms with van der Waals surface area (Å²) in [5.74, 6) is -0.0187. The molecule has 0 aliphatic rings. The Morgan fingerprint density at radius 1 is 1.17 bits per heavy atom. The zero-order valence-corrected chi connectivity index (χ0v) is 14.1. The second kappa shape index (κ2) is 6.27. The van der Waals surface area contributed by atoms with Gasteiger partial charge in [-0.05, 0) is 45.9 Å². The quantitative estimate of drug-likeness (QED) is 0.794. The van der Waals surface area contributed by atoms with Crippen molar-refractivity contribution >= 4 is 11.9 Å². The molecular weight excluding hydrogens is 306 g/mol. The molecule has 7 nitrogen and oxygen atoms in total. The van der Waals surface area contributed by atoms with E-state index in [1.165, 1.54) is 0 Å². The van der Waals surface area contributed by atoms with Crippen molar-refractivity contribution in [3.63, 3.8) is 0 Å². The Hall–Kier alpha value is -2.96. The SMILES string of the molecule is Cc1cc(C)cc(-c2nnc(NC(=O)c3ccn(C(C)C)n3)o2)c1. The van der Waals surface area contributed by atoms with E-state index < -0.39 is 0 Å². The standard InChI is InChI=1S/C17H19N5O2/c1-10(2)22-6-5-14(21-22)15(23)18-17-20-19-16(24-17)13-8-11(3)7-12(4)9-13/h5-10H,1-4H3,(H,18,20,23). The Morgan fingerprint density at radius 3 is 2.50 bits per heavy atom. The molecule has 2 aromatic heterocycles. The molecule has 7 heteroatoms. The van der Waals surface area contributed by atoms with E-state index >= 15 is 0 Å². The number of hydrogen-bond acceptors (Lipinski definition) is 5. The van der Waals surface area contributed by atoms with Crippen LogP contribution >= 0.6 is 0 Å². The van der Waals surface area contributed by atoms with Crippen molar-refractivity contribution in [2.45, 2.75) is 33.7 Å². The summed E-state index contributed by atoms with van der Waals surface area (Å²) in [6, 6.07) is 7.86. The molecule has 0 aliphatic carbocycles. The second-order valence-corrected chi connectivity index (χ2v) is 6.02. The number of aromatic nitrogens is 4. The maximum Gasteiger partial charge on any atom is 0.322 e. The lowest BCUT2D eigenvalue weighted by atomic mass is 10.1. The smallest absolute Gasteiger partial charge is 0.322 e. The first-order chi connectivity index (χ1) is 11.4. The van der Waals surface area contributed by atoms with Crippen LogP contribution in [0, 0.1) is 13.8 Å². The number of amides is 1. The molecule has 124 valence electrons. The van der Waals surface area contributed by atoms with E-state index in [0.29, 0.717) is 11.6 Å². The largest absolute Gasteiger partial charge is 0.403 e. The average molecular weight is 325 g/mol. The Bertz CT molecular complexity index is 858. The fourth-order valence-corrected chi connectivity index (χ4v) is 2.40. The third-order valence-corrected chi connectivity index (χ3v) is 3.48. The lowest BCUT2D eigenvalue weighted by Gasteiger charge is -2.03. The number of nitrogens with zero attached hydrogens (tertiary/aromatic N) is 4. The van der Waals surface area contributed by atoms with E-state index in [-0.39, 0.29) is 18.0 Å². The van der Waals surface area contributed by atoms with Gasteiger partial charge in [-0.2, -0.15) is 5.10 Å². The van der Waals surface area contributed by atoms with E-state index in [4.69, 9.17) is 4.42 Å². The van der Waals surface area contributed by atoms with Crippen LogP contribution in [0.15, 0.2) is 34.9 Å². The van der Waals surface area contributed by atoms with E-state index in [1.807, 2.05) is 39.8 Å². The van der Waals surface area contributed by atoms with Crippen LogP contribution in [0.4, 0.5) is 6.01 Å². The van der Waals surface area contributed by atoms with Crippen molar-refractivity contribution in [2.24, 2.45) is 0 Å². The summed E-state index contributed by atoms with van der Waals surface area (Å²) in [7, 11) is 0. The third kappa shape index (κ3) is 3.34. The number of benzene rings is 1. The molecule has 0 aliphatic heterocycles. The van der Waals surface area contributed by atoms with Gasteiger partial charge in [0.25, 0.3) is 5.91 Å². The number of anilines is 1. The number of nitrogens with one attached hydrogen (secondary N) is 1. The maximum atomic E-state index is 12.2. The molecular formula is C17H19N5O2. The molecule has 0 bridgehead atoms. The Labute approximate surface area is 139 Å². The van der Waals surface area contributed by atoms with Gasteiger partial charge in [0.2, 0.25) is 5.89 Å². The summed E-state index contributed by atoms with van der Waals surface area (Å²) in [6.07, 6.45) is 1.76. The molecule has 3 rings (SSSR count). The lowest BCUT2D eigenvalue weighted by Crippen LogP contribution is -2.14. The molecule has 1 N–H and O–H groups in total. The third-order valence-electron chi connectivity index (χ3n) is 3.48. The van der Waals surface area contributed by atoms with E-state index in [2.05, 4.69) is 26.7 Å². The molecule has 0 saturated carbocycles. The Morgan fingerprint density at radius 2 is 1.88 bits per heavy atom. The number of hydrogen-bond donors (Lipinski definition) is 1. The molecule has 24 heavy (non-hydrogen) atoms. The molecule has 3 aromatic rings. The number of carbonyl (C=O) groups excluding carboxylic acids is 1. The van der Waals surface area contributed by atoms with Gasteiger partial charge >= 0.3 is 6.01 Å². The minimum atomic E-state index is -0.384. The van der Waals surface area contributed by atoms with Gasteiger partial charge in [-0.3, -0.25) is 14.8 Å². The van der Waals surface area contributed by atoms with Gasteiger partial charge in [0, 0.05) is 17.8 Å². The number of rotatable bonds is 4. The molecule has 2 heterocycles. The minimum Gasteiger partial charge on any atom is -0.403 e. The summed E-state index contributed by atoms with van der Waals surface area (Å²) in [5, 5.41) is 14.7. The van der Waals surface area contributed by atoms with Crippen molar-refractivity contribution in [3.8, 4) is 11.5 Å². The Balaban J connectivity index is 1.76. The number of carbonyl (C=O) groups is 1. The summed E-state index contributed by atoms with van der Waals surface area (Å²) in [4.78, 5) is 12.2. The van der Waals surface area contributed by atoms with Crippen LogP contribution in [-0.2, 0) is 0 Å². The molecule has 1 aromatic carbocycles. The van der Waals surface area contributed by atoms with E-state index in [9.17, 15) is 4.79 Å². The van der Waals surface area contributed by atoms with Crippen LogP contribution in [0.3, 0.4) is 0 Å². The van der Waals surface area contributed by atoms with Crippen LogP contribution in [0.5, 0.6) is 0 Å². The zero-order chi connectivity index (χ0) is 17.3. The van der Waals surface area contributed by atoms with Gasteiger partial charge in [0.05, 0.1) is 0 Å². The summed E-state index contributed by atoms with van der Waals surface area (Å²) >= 11 is 0. The molecule has 0 unspecified atom stereocenters. The maximum absolute atomic E-state index is 12.2. The van der Waals surface area contributed by atoms with Crippen LogP contribution in [0.2, 0.25) is 0 Å². The molecule has 0 saturated heterocycles. The van der Waals surface area contributed by atoms with Crippen LogP contribution in [0.1, 0.15) is 41.5 Å². The van der Waals surface area contributed by atoms with Gasteiger partial charge in [-0.1, -0.05) is 22.3 Å². The topological polar surface area (TPSA) is 85.8 Å². The van der Waals surface area contributed by atoms with Crippen molar-refractivity contribution < 1.29 is 9.21 Å². The average Bonchev–Trinajstić information content (AvgIpc) is 3.15. The Kier molecular flexibility index (Phi) is 4.16. The van der Waals surface area contributed by atoms with Gasteiger partial charge < -0.3 is 4.42 Å². The van der Waals surface area contributed by atoms with Gasteiger partial charge in [0.1, 0.15) is 0 Å². The minimum absolute atomic E-state index is 0.0493. The lowest BCUT2D eigenvalue weighted by molar-refractivity contribution is 0.101.